The fraction of sp³-hybridized carbons (Fsp3) is 1.00. The van der Waals surface area contributed by atoms with Crippen molar-refractivity contribution in [2.24, 2.45) is 52.3 Å². The van der Waals surface area contributed by atoms with E-state index in [2.05, 4.69) is 41.5 Å². The standard InChI is InChI=1S/C29H52O2/c1-19(2)29(7,31)15-12-20(3)23-10-11-24-22-9-8-21-18-26(4,30)16-17-27(21,5)25(22)13-14-28(23,24)6/h19-25,30-31H,8-18H2,1-7H3/t20-,21+,22+,23?,24+,25+,26+,27+,28-,29+/m1/s1. The lowest BCUT2D eigenvalue weighted by atomic mass is 9.43. The van der Waals surface area contributed by atoms with Crippen molar-refractivity contribution in [1.82, 2.24) is 0 Å². The van der Waals surface area contributed by atoms with Crippen LogP contribution in [0.2, 0.25) is 0 Å². The monoisotopic (exact) mass is 432 g/mol. The van der Waals surface area contributed by atoms with Crippen molar-refractivity contribution < 1.29 is 10.2 Å². The maximum atomic E-state index is 10.8. The maximum Gasteiger partial charge on any atom is 0.0642 e. The predicted octanol–water partition coefficient (Wildman–Crippen LogP) is 7.22. The van der Waals surface area contributed by atoms with Gasteiger partial charge in [-0.05, 0) is 137 Å². The van der Waals surface area contributed by atoms with Crippen LogP contribution >= 0.6 is 0 Å². The van der Waals surface area contributed by atoms with E-state index in [4.69, 9.17) is 0 Å². The third-order valence-corrected chi connectivity index (χ3v) is 12.1. The first-order valence-corrected chi connectivity index (χ1v) is 13.7. The molecule has 4 rings (SSSR count). The van der Waals surface area contributed by atoms with Crippen LogP contribution in [0.25, 0.3) is 0 Å². The molecule has 2 heteroatoms. The van der Waals surface area contributed by atoms with Gasteiger partial charge in [-0.2, -0.15) is 0 Å². The van der Waals surface area contributed by atoms with Crippen LogP contribution in [-0.2, 0) is 0 Å². The van der Waals surface area contributed by atoms with E-state index in [0.717, 1.165) is 48.9 Å². The van der Waals surface area contributed by atoms with Gasteiger partial charge in [0.15, 0.2) is 0 Å². The number of hydrogen-bond acceptors (Lipinski definition) is 2. The molecule has 0 spiro atoms. The van der Waals surface area contributed by atoms with Gasteiger partial charge in [-0.1, -0.05) is 34.6 Å². The Morgan fingerprint density at radius 3 is 2.23 bits per heavy atom. The Balaban J connectivity index is 1.47. The third kappa shape index (κ3) is 4.05. The summed E-state index contributed by atoms with van der Waals surface area (Å²) < 4.78 is 0. The Bertz CT molecular complexity index is 651. The van der Waals surface area contributed by atoms with Crippen LogP contribution in [-0.4, -0.2) is 21.4 Å². The zero-order valence-corrected chi connectivity index (χ0v) is 21.7. The van der Waals surface area contributed by atoms with Gasteiger partial charge in [0.2, 0.25) is 0 Å². The molecular formula is C29H52O2. The fourth-order valence-corrected chi connectivity index (χ4v) is 9.42. The Labute approximate surface area is 193 Å². The van der Waals surface area contributed by atoms with Gasteiger partial charge in [0.25, 0.3) is 0 Å². The molecule has 4 fully saturated rings. The first-order valence-electron chi connectivity index (χ1n) is 13.7. The van der Waals surface area contributed by atoms with Crippen LogP contribution in [0.4, 0.5) is 0 Å². The topological polar surface area (TPSA) is 40.5 Å². The molecule has 4 saturated carbocycles. The summed E-state index contributed by atoms with van der Waals surface area (Å²) in [4.78, 5) is 0. The van der Waals surface area contributed by atoms with E-state index < -0.39 is 11.2 Å². The van der Waals surface area contributed by atoms with Crippen molar-refractivity contribution >= 4 is 0 Å². The van der Waals surface area contributed by atoms with Crippen molar-refractivity contribution in [2.45, 2.75) is 130 Å². The highest BCUT2D eigenvalue weighted by Gasteiger charge is 2.61. The molecular weight excluding hydrogens is 380 g/mol. The SMILES string of the molecule is CC(C)[C@@](C)(O)CC[C@@H](C)C1CC[C@H]2[C@@H]3CC[C@H]4C[C@@](C)(O)CC[C@]4(C)[C@H]3CC[C@]12C. The normalized spacial score (nSPS) is 50.3. The van der Waals surface area contributed by atoms with Gasteiger partial charge in [-0.25, -0.2) is 0 Å². The van der Waals surface area contributed by atoms with Gasteiger partial charge in [0.1, 0.15) is 0 Å². The smallest absolute Gasteiger partial charge is 0.0642 e. The second-order valence-electron chi connectivity index (χ2n) is 14.1. The summed E-state index contributed by atoms with van der Waals surface area (Å²) in [6.07, 6.45) is 13.8. The van der Waals surface area contributed by atoms with E-state index in [1.54, 1.807) is 0 Å². The molecule has 0 aliphatic heterocycles. The largest absolute Gasteiger partial charge is 0.390 e. The molecule has 0 aromatic heterocycles. The van der Waals surface area contributed by atoms with Gasteiger partial charge in [0, 0.05) is 0 Å². The molecule has 0 heterocycles. The summed E-state index contributed by atoms with van der Waals surface area (Å²) in [5.74, 6) is 5.32. The molecule has 0 aromatic carbocycles. The quantitative estimate of drug-likeness (QED) is 0.481. The summed E-state index contributed by atoms with van der Waals surface area (Å²) in [6, 6.07) is 0. The van der Waals surface area contributed by atoms with Crippen molar-refractivity contribution in [3.8, 4) is 0 Å². The summed E-state index contributed by atoms with van der Waals surface area (Å²) >= 11 is 0. The van der Waals surface area contributed by atoms with Crippen LogP contribution in [0.5, 0.6) is 0 Å². The summed E-state index contributed by atoms with van der Waals surface area (Å²) in [6.45, 7) is 16.2. The second-order valence-corrected chi connectivity index (χ2v) is 14.1. The van der Waals surface area contributed by atoms with Crippen molar-refractivity contribution in [3.05, 3.63) is 0 Å². The van der Waals surface area contributed by atoms with E-state index in [-0.39, 0.29) is 0 Å². The number of rotatable bonds is 5. The average Bonchev–Trinajstić information content (AvgIpc) is 3.04. The first-order chi connectivity index (χ1) is 14.3. The molecule has 2 N–H and O–H groups in total. The summed E-state index contributed by atoms with van der Waals surface area (Å²) in [7, 11) is 0. The Morgan fingerprint density at radius 2 is 1.55 bits per heavy atom. The minimum atomic E-state index is -0.528. The zero-order chi connectivity index (χ0) is 22.8. The number of hydrogen-bond donors (Lipinski definition) is 2. The van der Waals surface area contributed by atoms with Gasteiger partial charge in [-0.3, -0.25) is 0 Å². The molecule has 10 atom stereocenters. The second kappa shape index (κ2) is 8.00. The molecule has 0 radical (unpaired) electrons. The minimum Gasteiger partial charge on any atom is -0.390 e. The van der Waals surface area contributed by atoms with E-state index in [9.17, 15) is 10.2 Å². The molecule has 31 heavy (non-hydrogen) atoms. The Kier molecular flexibility index (Phi) is 6.21. The lowest BCUT2D eigenvalue weighted by molar-refractivity contribution is -0.148. The van der Waals surface area contributed by atoms with Gasteiger partial charge < -0.3 is 10.2 Å². The molecule has 180 valence electrons. The van der Waals surface area contributed by atoms with Crippen LogP contribution < -0.4 is 0 Å². The molecule has 2 nitrogen and oxygen atoms in total. The van der Waals surface area contributed by atoms with E-state index in [1.807, 2.05) is 6.92 Å². The summed E-state index contributed by atoms with van der Waals surface area (Å²) in [5, 5.41) is 21.5. The molecule has 0 bridgehead atoms. The van der Waals surface area contributed by atoms with Crippen LogP contribution in [0, 0.1) is 52.3 Å². The predicted molar refractivity (Wildman–Crippen MR) is 130 cm³/mol. The van der Waals surface area contributed by atoms with Gasteiger partial charge in [0.05, 0.1) is 11.2 Å². The van der Waals surface area contributed by atoms with Crippen molar-refractivity contribution in [3.63, 3.8) is 0 Å². The van der Waals surface area contributed by atoms with Crippen molar-refractivity contribution in [2.75, 3.05) is 0 Å². The van der Waals surface area contributed by atoms with Crippen LogP contribution in [0.3, 0.4) is 0 Å². The van der Waals surface area contributed by atoms with Crippen molar-refractivity contribution in [1.29, 1.82) is 0 Å². The fourth-order valence-electron chi connectivity index (χ4n) is 9.42. The lowest BCUT2D eigenvalue weighted by Crippen LogP contribution is -2.55. The lowest BCUT2D eigenvalue weighted by Gasteiger charge is -2.62. The van der Waals surface area contributed by atoms with Gasteiger partial charge >= 0.3 is 0 Å². The zero-order valence-electron chi connectivity index (χ0n) is 21.7. The Hall–Kier alpha value is -0.0800. The first kappa shape index (κ1) is 24.1. The highest BCUT2D eigenvalue weighted by molar-refractivity contribution is 5.10. The minimum absolute atomic E-state index is 0.328. The maximum absolute atomic E-state index is 10.8. The molecule has 0 saturated heterocycles. The van der Waals surface area contributed by atoms with Gasteiger partial charge in [-0.15, -0.1) is 0 Å². The molecule has 4 aliphatic rings. The Morgan fingerprint density at radius 1 is 0.871 bits per heavy atom. The van der Waals surface area contributed by atoms with Crippen LogP contribution in [0.15, 0.2) is 0 Å². The number of fused-ring (bicyclic) bond motifs is 5. The highest BCUT2D eigenvalue weighted by Crippen LogP contribution is 2.68. The number of aliphatic hydroxyl groups is 2. The summed E-state index contributed by atoms with van der Waals surface area (Å²) in [5.41, 5.74) is 0.0189. The highest BCUT2D eigenvalue weighted by atomic mass is 16.3. The van der Waals surface area contributed by atoms with E-state index in [0.29, 0.717) is 22.7 Å². The molecule has 1 unspecified atom stereocenters. The average molecular weight is 433 g/mol. The van der Waals surface area contributed by atoms with E-state index >= 15 is 0 Å². The van der Waals surface area contributed by atoms with Crippen LogP contribution in [0.1, 0.15) is 119 Å². The molecule has 0 aromatic rings. The third-order valence-electron chi connectivity index (χ3n) is 12.1. The molecule has 0 amide bonds. The molecule has 4 aliphatic carbocycles. The van der Waals surface area contributed by atoms with E-state index in [1.165, 1.54) is 51.4 Å².